The number of hydrogen-bond donors (Lipinski definition) is 4. The highest BCUT2D eigenvalue weighted by atomic mass is 32.3. The van der Waals surface area contributed by atoms with Crippen LogP contribution in [0.1, 0.15) is 17.5 Å². The number of nitrogens with one attached hydrogen (secondary N) is 1. The molecule has 7 nitrogen and oxygen atoms in total. The van der Waals surface area contributed by atoms with E-state index in [9.17, 15) is 13.9 Å². The molecule has 2 heterocycles. The van der Waals surface area contributed by atoms with E-state index in [0.29, 0.717) is 29.5 Å². The fourth-order valence-corrected chi connectivity index (χ4v) is 5.26. The predicted molar refractivity (Wildman–Crippen MR) is 122 cm³/mol. The Morgan fingerprint density at radius 3 is 2.83 bits per heavy atom. The molecule has 3 aromatic rings. The molecule has 0 saturated heterocycles. The summed E-state index contributed by atoms with van der Waals surface area (Å²) in [7, 11) is -2.86. The predicted octanol–water partition coefficient (Wildman–Crippen LogP) is 3.96. The molecular formula is C22H26N4O3S. The lowest BCUT2D eigenvalue weighted by Crippen LogP contribution is -2.26. The molecule has 0 saturated carbocycles. The molecule has 4 rings (SSSR count). The Kier molecular flexibility index (Phi) is 5.66. The van der Waals surface area contributed by atoms with Crippen LogP contribution in [0.15, 0.2) is 53.4 Å². The van der Waals surface area contributed by atoms with Crippen LogP contribution in [0, 0.1) is 6.92 Å². The number of rotatable bonds is 4. The number of pyridine rings is 1. The Balaban J connectivity index is 1.77. The number of anilines is 2. The molecule has 1 aliphatic rings. The van der Waals surface area contributed by atoms with E-state index in [4.69, 9.17) is 10.7 Å². The molecule has 8 heteroatoms. The van der Waals surface area contributed by atoms with E-state index in [2.05, 4.69) is 5.32 Å². The Hall–Kier alpha value is -2.65. The van der Waals surface area contributed by atoms with Crippen LogP contribution in [0.4, 0.5) is 11.5 Å². The van der Waals surface area contributed by atoms with Crippen molar-refractivity contribution < 1.29 is 13.9 Å². The van der Waals surface area contributed by atoms with Crippen molar-refractivity contribution >= 4 is 38.9 Å². The van der Waals surface area contributed by atoms with Gasteiger partial charge >= 0.3 is 0 Å². The Bertz CT molecular complexity index is 1100. The maximum atomic E-state index is 12.2. The largest absolute Gasteiger partial charge is 0.351 e. The van der Waals surface area contributed by atoms with E-state index in [0.717, 1.165) is 22.0 Å². The van der Waals surface area contributed by atoms with E-state index in [1.165, 1.54) is 0 Å². The molecule has 1 aliphatic heterocycles. The number of aryl methyl sites for hydroxylation is 1. The molecule has 0 fully saturated rings. The molecular weight excluding hydrogens is 400 g/mol. The average Bonchev–Trinajstić information content (AvgIpc) is 2.85. The van der Waals surface area contributed by atoms with E-state index in [1.807, 2.05) is 54.3 Å². The van der Waals surface area contributed by atoms with Gasteiger partial charge in [-0.1, -0.05) is 29.8 Å². The third-order valence-electron chi connectivity index (χ3n) is 5.25. The van der Waals surface area contributed by atoms with Crippen molar-refractivity contribution in [3.63, 3.8) is 0 Å². The standard InChI is InChI=1S/C22H26N4O3S/c1-15-6-7-18-17(12-15)19(25-22(27)8-9-23)13-21(24-18)26-10-11-30(28,29)20-5-3-2-4-16(20)14-26/h2-7,12-13,28-29H,8-11,14,23H2,1H3,(H,24,25,27). The summed E-state index contributed by atoms with van der Waals surface area (Å²) in [6.07, 6.45) is 0.239. The lowest BCUT2D eigenvalue weighted by atomic mass is 10.1. The van der Waals surface area contributed by atoms with Crippen LogP contribution in [-0.2, 0) is 11.3 Å². The Morgan fingerprint density at radius 1 is 1.23 bits per heavy atom. The summed E-state index contributed by atoms with van der Waals surface area (Å²) in [6.45, 7) is 3.22. The van der Waals surface area contributed by atoms with Crippen LogP contribution in [0.25, 0.3) is 10.9 Å². The highest BCUT2D eigenvalue weighted by Crippen LogP contribution is 2.51. The molecule has 0 atom stereocenters. The molecule has 30 heavy (non-hydrogen) atoms. The van der Waals surface area contributed by atoms with Gasteiger partial charge in [0.2, 0.25) is 5.91 Å². The van der Waals surface area contributed by atoms with Crippen molar-refractivity contribution in [2.75, 3.05) is 29.1 Å². The fraction of sp³-hybridized carbons (Fsp3) is 0.273. The first-order valence-electron chi connectivity index (χ1n) is 9.87. The van der Waals surface area contributed by atoms with Crippen molar-refractivity contribution in [2.45, 2.75) is 24.8 Å². The molecule has 5 N–H and O–H groups in total. The van der Waals surface area contributed by atoms with Gasteiger partial charge in [-0.15, -0.1) is 0 Å². The van der Waals surface area contributed by atoms with Crippen molar-refractivity contribution in [1.82, 2.24) is 4.98 Å². The summed E-state index contributed by atoms with van der Waals surface area (Å²) in [5.41, 5.74) is 8.92. The van der Waals surface area contributed by atoms with Crippen molar-refractivity contribution in [2.24, 2.45) is 5.73 Å². The minimum atomic E-state index is -2.86. The minimum Gasteiger partial charge on any atom is -0.351 e. The van der Waals surface area contributed by atoms with Crippen LogP contribution in [-0.4, -0.2) is 38.8 Å². The minimum absolute atomic E-state index is 0.146. The fourth-order valence-electron chi connectivity index (χ4n) is 3.72. The summed E-state index contributed by atoms with van der Waals surface area (Å²) in [6, 6.07) is 15.2. The first kappa shape index (κ1) is 20.6. The zero-order chi connectivity index (χ0) is 21.3. The SMILES string of the molecule is Cc1ccc2nc(N3CCS(O)(O)c4ccccc4C3)cc(NC(=O)CCN)c2c1. The van der Waals surface area contributed by atoms with Gasteiger partial charge in [0.1, 0.15) is 5.82 Å². The summed E-state index contributed by atoms with van der Waals surface area (Å²) >= 11 is 0. The van der Waals surface area contributed by atoms with E-state index >= 15 is 0 Å². The topological polar surface area (TPSA) is 112 Å². The number of nitrogens with zero attached hydrogens (tertiary/aromatic N) is 2. The summed E-state index contributed by atoms with van der Waals surface area (Å²) < 4.78 is 21.3. The van der Waals surface area contributed by atoms with Crippen LogP contribution < -0.4 is 16.0 Å². The van der Waals surface area contributed by atoms with E-state index < -0.39 is 10.6 Å². The maximum absolute atomic E-state index is 12.2. The zero-order valence-corrected chi connectivity index (χ0v) is 17.7. The normalized spacial score (nSPS) is 16.6. The lowest BCUT2D eigenvalue weighted by Gasteiger charge is -2.32. The van der Waals surface area contributed by atoms with Gasteiger partial charge in [-0.3, -0.25) is 13.9 Å². The Labute approximate surface area is 177 Å². The number of aromatic nitrogens is 1. The van der Waals surface area contributed by atoms with Crippen LogP contribution in [0.3, 0.4) is 0 Å². The van der Waals surface area contributed by atoms with Gasteiger partial charge in [0.25, 0.3) is 0 Å². The molecule has 0 spiro atoms. The molecule has 1 aromatic heterocycles. The van der Waals surface area contributed by atoms with Gasteiger partial charge in [-0.2, -0.15) is 10.6 Å². The van der Waals surface area contributed by atoms with Gasteiger partial charge in [0.15, 0.2) is 0 Å². The van der Waals surface area contributed by atoms with Crippen molar-refractivity contribution in [3.8, 4) is 0 Å². The second-order valence-electron chi connectivity index (χ2n) is 7.54. The van der Waals surface area contributed by atoms with Crippen molar-refractivity contribution in [3.05, 3.63) is 59.7 Å². The number of benzene rings is 2. The number of hydrogen-bond acceptors (Lipinski definition) is 6. The second kappa shape index (κ2) is 8.23. The van der Waals surface area contributed by atoms with Crippen LogP contribution in [0.2, 0.25) is 0 Å². The third kappa shape index (κ3) is 4.13. The first-order valence-corrected chi connectivity index (χ1v) is 11.6. The average molecular weight is 427 g/mol. The molecule has 158 valence electrons. The van der Waals surface area contributed by atoms with Gasteiger partial charge in [0, 0.05) is 37.5 Å². The molecule has 2 aromatic carbocycles. The van der Waals surface area contributed by atoms with Crippen LogP contribution in [0.5, 0.6) is 0 Å². The van der Waals surface area contributed by atoms with E-state index in [-0.39, 0.29) is 24.6 Å². The van der Waals surface area contributed by atoms with Crippen molar-refractivity contribution in [1.29, 1.82) is 0 Å². The Morgan fingerprint density at radius 2 is 2.03 bits per heavy atom. The zero-order valence-electron chi connectivity index (χ0n) is 16.8. The van der Waals surface area contributed by atoms with Crippen LogP contribution >= 0.6 is 10.6 Å². The molecule has 0 radical (unpaired) electrons. The highest BCUT2D eigenvalue weighted by Gasteiger charge is 2.26. The second-order valence-corrected chi connectivity index (χ2v) is 9.72. The van der Waals surface area contributed by atoms with Gasteiger partial charge < -0.3 is 16.0 Å². The highest BCUT2D eigenvalue weighted by molar-refractivity contribution is 8.24. The quantitative estimate of drug-likeness (QED) is 0.502. The van der Waals surface area contributed by atoms with E-state index in [1.54, 1.807) is 6.07 Å². The lowest BCUT2D eigenvalue weighted by molar-refractivity contribution is -0.116. The van der Waals surface area contributed by atoms with Gasteiger partial charge in [0.05, 0.1) is 21.9 Å². The summed E-state index contributed by atoms with van der Waals surface area (Å²) in [5, 5.41) is 3.83. The number of nitrogens with two attached hydrogens (primary N) is 1. The summed E-state index contributed by atoms with van der Waals surface area (Å²) in [5.74, 6) is 0.765. The number of carbonyl (C=O) groups excluding carboxylic acids is 1. The monoisotopic (exact) mass is 426 g/mol. The third-order valence-corrected chi connectivity index (χ3v) is 7.11. The first-order chi connectivity index (χ1) is 14.4. The number of carbonyl (C=O) groups is 1. The maximum Gasteiger partial charge on any atom is 0.225 e. The summed E-state index contributed by atoms with van der Waals surface area (Å²) in [4.78, 5) is 19.7. The molecule has 1 amide bonds. The molecule has 0 bridgehead atoms. The molecule has 0 aliphatic carbocycles. The molecule has 0 unspecified atom stereocenters. The smallest absolute Gasteiger partial charge is 0.225 e. The number of amides is 1. The van der Waals surface area contributed by atoms with Gasteiger partial charge in [-0.25, -0.2) is 4.98 Å². The number of fused-ring (bicyclic) bond motifs is 2. The van der Waals surface area contributed by atoms with Gasteiger partial charge in [-0.05, 0) is 30.7 Å².